The summed E-state index contributed by atoms with van der Waals surface area (Å²) in [5.74, 6) is 0.483. The van der Waals surface area contributed by atoms with Crippen molar-refractivity contribution in [2.24, 2.45) is 0 Å². The van der Waals surface area contributed by atoms with Gasteiger partial charge >= 0.3 is 6.18 Å². The van der Waals surface area contributed by atoms with Crippen molar-refractivity contribution < 1.29 is 18.0 Å². The van der Waals surface area contributed by atoms with E-state index in [1.165, 1.54) is 12.3 Å². The van der Waals surface area contributed by atoms with E-state index in [9.17, 15) is 18.0 Å². The Bertz CT molecular complexity index is 1120. The van der Waals surface area contributed by atoms with Crippen molar-refractivity contribution in [3.63, 3.8) is 0 Å². The minimum atomic E-state index is -4.37. The summed E-state index contributed by atoms with van der Waals surface area (Å²) in [6.45, 7) is 4.06. The first-order chi connectivity index (χ1) is 15.6. The molecule has 0 aromatic carbocycles. The Morgan fingerprint density at radius 1 is 1.15 bits per heavy atom. The fraction of sp³-hybridized carbons (Fsp3) is 0.500. The number of unbranched alkanes of at least 4 members (excludes halogenated alkanes) is 1. The molecule has 4 rings (SSSR count). The Balaban J connectivity index is 1.39. The van der Waals surface area contributed by atoms with Gasteiger partial charge in [0.25, 0.3) is 0 Å². The molecule has 0 atom stereocenters. The molecule has 176 valence electrons. The number of aromatic nitrogens is 3. The normalized spacial score (nSPS) is 15.1. The molecule has 3 heterocycles. The third kappa shape index (κ3) is 5.28. The molecule has 0 bridgehead atoms. The number of ketones is 1. The van der Waals surface area contributed by atoms with Crippen molar-refractivity contribution in [2.45, 2.75) is 82.7 Å². The average Bonchev–Trinajstić information content (AvgIpc) is 3.07. The highest BCUT2D eigenvalue weighted by atomic mass is 19.4. The number of hydrogen-bond acceptors (Lipinski definition) is 3. The summed E-state index contributed by atoms with van der Waals surface area (Å²) >= 11 is 0. The lowest BCUT2D eigenvalue weighted by Crippen LogP contribution is -2.23. The second-order valence-corrected chi connectivity index (χ2v) is 9.75. The summed E-state index contributed by atoms with van der Waals surface area (Å²) in [4.78, 5) is 17.0. The fourth-order valence-corrected chi connectivity index (χ4v) is 4.67. The van der Waals surface area contributed by atoms with Gasteiger partial charge in [-0.1, -0.05) is 26.3 Å². The molecule has 1 aliphatic carbocycles. The van der Waals surface area contributed by atoms with Crippen molar-refractivity contribution >= 4 is 11.3 Å². The van der Waals surface area contributed by atoms with Crippen LogP contribution in [0.5, 0.6) is 0 Å². The zero-order valence-corrected chi connectivity index (χ0v) is 19.2. The molecule has 0 unspecified atom stereocenters. The second-order valence-electron chi connectivity index (χ2n) is 9.75. The molecule has 0 spiro atoms. The molecule has 33 heavy (non-hydrogen) atoms. The number of fused-ring (bicyclic) bond motifs is 1. The van der Waals surface area contributed by atoms with Gasteiger partial charge in [-0.2, -0.15) is 18.3 Å². The lowest BCUT2D eigenvalue weighted by Gasteiger charge is -2.26. The van der Waals surface area contributed by atoms with E-state index in [4.69, 9.17) is 0 Å². The van der Waals surface area contributed by atoms with E-state index in [1.54, 1.807) is 10.7 Å². The SMILES string of the molecule is CC(C)(CC(=O)CCCCc1nn2ccc(C(F)(F)F)cc2c1C1CCC1)c1ccccn1. The molecule has 0 aliphatic heterocycles. The van der Waals surface area contributed by atoms with Gasteiger partial charge in [-0.15, -0.1) is 0 Å². The number of carbonyl (C=O) groups is 1. The first-order valence-electron chi connectivity index (χ1n) is 11.7. The Morgan fingerprint density at radius 3 is 2.58 bits per heavy atom. The first-order valence-corrected chi connectivity index (χ1v) is 11.7. The third-order valence-corrected chi connectivity index (χ3v) is 6.71. The Morgan fingerprint density at radius 2 is 1.94 bits per heavy atom. The van der Waals surface area contributed by atoms with Crippen LogP contribution in [0.2, 0.25) is 0 Å². The van der Waals surface area contributed by atoms with Gasteiger partial charge in [-0.05, 0) is 62.3 Å². The molecule has 1 aliphatic rings. The molecule has 7 heteroatoms. The maximum atomic E-state index is 13.2. The highest BCUT2D eigenvalue weighted by Gasteiger charge is 2.33. The van der Waals surface area contributed by atoms with Crippen LogP contribution in [0.25, 0.3) is 5.52 Å². The van der Waals surface area contributed by atoms with Gasteiger partial charge in [0, 0.05) is 41.9 Å². The minimum absolute atomic E-state index is 0.203. The van der Waals surface area contributed by atoms with Gasteiger partial charge in [-0.25, -0.2) is 4.52 Å². The summed E-state index contributed by atoms with van der Waals surface area (Å²) in [7, 11) is 0. The van der Waals surface area contributed by atoms with Crippen LogP contribution in [0.4, 0.5) is 13.2 Å². The number of alkyl halides is 3. The van der Waals surface area contributed by atoms with Crippen molar-refractivity contribution in [3.8, 4) is 0 Å². The first kappa shape index (κ1) is 23.5. The monoisotopic (exact) mass is 457 g/mol. The van der Waals surface area contributed by atoms with E-state index in [0.717, 1.165) is 55.1 Å². The molecule has 3 aromatic rings. The second kappa shape index (κ2) is 9.27. The predicted molar refractivity (Wildman–Crippen MR) is 121 cm³/mol. The highest BCUT2D eigenvalue weighted by molar-refractivity contribution is 5.79. The van der Waals surface area contributed by atoms with E-state index in [2.05, 4.69) is 10.1 Å². The van der Waals surface area contributed by atoms with Crippen LogP contribution < -0.4 is 0 Å². The summed E-state index contributed by atoms with van der Waals surface area (Å²) in [5.41, 5.74) is 2.37. The van der Waals surface area contributed by atoms with Crippen LogP contribution in [-0.2, 0) is 22.8 Å². The van der Waals surface area contributed by atoms with Gasteiger partial charge < -0.3 is 0 Å². The molecule has 0 N–H and O–H groups in total. The lowest BCUT2D eigenvalue weighted by molar-refractivity contribution is -0.137. The average molecular weight is 458 g/mol. The predicted octanol–water partition coefficient (Wildman–Crippen LogP) is 6.67. The van der Waals surface area contributed by atoms with E-state index in [0.29, 0.717) is 24.8 Å². The summed E-state index contributed by atoms with van der Waals surface area (Å²) in [5, 5.41) is 4.61. The molecule has 0 saturated heterocycles. The van der Waals surface area contributed by atoms with Crippen molar-refractivity contribution in [3.05, 3.63) is 65.2 Å². The molecule has 3 aromatic heterocycles. The van der Waals surface area contributed by atoms with Crippen molar-refractivity contribution in [1.29, 1.82) is 0 Å². The van der Waals surface area contributed by atoms with Gasteiger partial charge in [0.2, 0.25) is 0 Å². The van der Waals surface area contributed by atoms with E-state index in [-0.39, 0.29) is 17.1 Å². The molecule has 0 amide bonds. The zero-order chi connectivity index (χ0) is 23.6. The molecule has 0 radical (unpaired) electrons. The molecular weight excluding hydrogens is 427 g/mol. The molecule has 1 saturated carbocycles. The molecular formula is C26H30F3N3O. The number of pyridine rings is 2. The van der Waals surface area contributed by atoms with Crippen LogP contribution in [0.1, 0.15) is 87.2 Å². The lowest BCUT2D eigenvalue weighted by atomic mass is 9.78. The number of Topliss-reactive ketones (excluding diaryl/α,β-unsaturated/α-hetero) is 1. The smallest absolute Gasteiger partial charge is 0.300 e. The summed E-state index contributed by atoms with van der Waals surface area (Å²) in [6.07, 6.45) is 4.98. The Labute approximate surface area is 192 Å². The quantitative estimate of drug-likeness (QED) is 0.337. The Kier molecular flexibility index (Phi) is 6.59. The van der Waals surface area contributed by atoms with Crippen LogP contribution in [0.3, 0.4) is 0 Å². The van der Waals surface area contributed by atoms with Gasteiger partial charge in [0.15, 0.2) is 0 Å². The van der Waals surface area contributed by atoms with Gasteiger partial charge in [-0.3, -0.25) is 9.78 Å². The zero-order valence-electron chi connectivity index (χ0n) is 19.2. The summed E-state index contributed by atoms with van der Waals surface area (Å²) in [6, 6.07) is 8.05. The van der Waals surface area contributed by atoms with Crippen LogP contribution in [0.15, 0.2) is 42.7 Å². The summed E-state index contributed by atoms with van der Waals surface area (Å²) < 4.78 is 41.3. The van der Waals surface area contributed by atoms with Crippen molar-refractivity contribution in [1.82, 2.24) is 14.6 Å². The number of rotatable bonds is 9. The molecule has 4 nitrogen and oxygen atoms in total. The fourth-order valence-electron chi connectivity index (χ4n) is 4.67. The van der Waals surface area contributed by atoms with Gasteiger partial charge in [0.05, 0.1) is 16.8 Å². The van der Waals surface area contributed by atoms with E-state index < -0.39 is 11.7 Å². The molecule has 1 fully saturated rings. The number of halogens is 3. The van der Waals surface area contributed by atoms with Gasteiger partial charge in [0.1, 0.15) is 5.78 Å². The van der Waals surface area contributed by atoms with E-state index in [1.807, 2.05) is 32.0 Å². The maximum absolute atomic E-state index is 13.2. The number of aryl methyl sites for hydroxylation is 1. The Hall–Kier alpha value is -2.70. The minimum Gasteiger partial charge on any atom is -0.300 e. The maximum Gasteiger partial charge on any atom is 0.416 e. The number of hydrogen-bond donors (Lipinski definition) is 0. The third-order valence-electron chi connectivity index (χ3n) is 6.71. The van der Waals surface area contributed by atoms with Crippen LogP contribution in [0, 0.1) is 0 Å². The largest absolute Gasteiger partial charge is 0.416 e. The van der Waals surface area contributed by atoms with E-state index >= 15 is 0 Å². The van der Waals surface area contributed by atoms with Crippen molar-refractivity contribution in [2.75, 3.05) is 0 Å². The standard InChI is InChI=1S/C26H30F3N3O/c1-25(2,23-12-5-6-14-30-23)17-20(33)10-3-4-11-21-24(18-8-7-9-18)22-16-19(26(27,28)29)13-15-32(22)31-21/h5-6,12-16,18H,3-4,7-11,17H2,1-2H3. The number of carbonyl (C=O) groups excluding carboxylic acids is 1. The van der Waals surface area contributed by atoms with Crippen LogP contribution in [-0.4, -0.2) is 20.4 Å². The number of nitrogens with zero attached hydrogens (tertiary/aromatic N) is 3. The van der Waals surface area contributed by atoms with Crippen LogP contribution >= 0.6 is 0 Å². The highest BCUT2D eigenvalue weighted by Crippen LogP contribution is 2.41. The topological polar surface area (TPSA) is 47.3 Å².